The first kappa shape index (κ1) is 23.3. The molecule has 4 rings (SSSR count). The number of carboxylic acids is 1. The van der Waals surface area contributed by atoms with Gasteiger partial charge in [0.25, 0.3) is 0 Å². The number of fused-ring (bicyclic) bond motifs is 1. The third-order valence-corrected chi connectivity index (χ3v) is 5.01. The molecule has 0 spiro atoms. The van der Waals surface area contributed by atoms with Crippen LogP contribution in [0.25, 0.3) is 10.9 Å². The quantitative estimate of drug-likeness (QED) is 0.420. The largest absolute Gasteiger partial charge is 1.00 e. The normalized spacial score (nSPS) is 10.7. The van der Waals surface area contributed by atoms with Crippen LogP contribution in [0.3, 0.4) is 0 Å². The fourth-order valence-electron chi connectivity index (χ4n) is 3.24. The van der Waals surface area contributed by atoms with E-state index in [0.29, 0.717) is 22.8 Å². The van der Waals surface area contributed by atoms with Gasteiger partial charge in [-0.3, -0.25) is 0 Å². The maximum Gasteiger partial charge on any atom is 1.00 e. The van der Waals surface area contributed by atoms with E-state index in [-0.39, 0.29) is 47.3 Å². The number of carbonyl (C=O) groups excluding carboxylic acids is 1. The molecule has 0 N–H and O–H groups in total. The van der Waals surface area contributed by atoms with Gasteiger partial charge in [0.15, 0.2) is 0 Å². The van der Waals surface area contributed by atoms with E-state index < -0.39 is 17.6 Å². The number of ether oxygens (including phenoxy) is 1. The predicted octanol–water partition coefficient (Wildman–Crippen LogP) is 1.57. The van der Waals surface area contributed by atoms with Gasteiger partial charge in [-0.25, -0.2) is 8.78 Å². The predicted molar refractivity (Wildman–Crippen MR) is 108 cm³/mol. The molecule has 4 nitrogen and oxygen atoms in total. The molecule has 1 aromatic heterocycles. The van der Waals surface area contributed by atoms with E-state index in [1.807, 2.05) is 16.8 Å². The van der Waals surface area contributed by atoms with Crippen LogP contribution in [-0.4, -0.2) is 10.5 Å². The van der Waals surface area contributed by atoms with Crippen molar-refractivity contribution in [3.63, 3.8) is 0 Å². The number of hydrogen-bond donors (Lipinski definition) is 0. The first-order valence-electron chi connectivity index (χ1n) is 9.06. The minimum Gasteiger partial charge on any atom is -0.545 e. The van der Waals surface area contributed by atoms with Gasteiger partial charge in [0.05, 0.1) is 12.5 Å². The fraction of sp³-hybridized carbons (Fsp3) is 0.0870. The monoisotopic (exact) mass is 449 g/mol. The third kappa shape index (κ3) is 5.28. The van der Waals surface area contributed by atoms with Crippen molar-refractivity contribution in [1.29, 1.82) is 0 Å². The molecule has 0 aliphatic rings. The number of aromatic carboxylic acids is 1. The van der Waals surface area contributed by atoms with E-state index in [9.17, 15) is 18.7 Å². The van der Waals surface area contributed by atoms with Gasteiger partial charge in [-0.15, -0.1) is 0 Å². The second-order valence-corrected chi connectivity index (χ2v) is 7.22. The summed E-state index contributed by atoms with van der Waals surface area (Å²) in [5.74, 6) is -2.10. The molecule has 3 aromatic carbocycles. The number of nitrogens with zero attached hydrogens (tertiary/aromatic N) is 1. The van der Waals surface area contributed by atoms with Crippen molar-refractivity contribution in [3.8, 4) is 5.75 Å². The van der Waals surface area contributed by atoms with E-state index in [1.54, 1.807) is 30.3 Å². The molecule has 0 aliphatic carbocycles. The summed E-state index contributed by atoms with van der Waals surface area (Å²) in [6.07, 6.45) is 1.83. The molecule has 1 heterocycles. The molecule has 4 aromatic rings. The Bertz CT molecular complexity index is 1260. The number of hydrogen-bond acceptors (Lipinski definition) is 3. The Morgan fingerprint density at radius 3 is 2.55 bits per heavy atom. The average Bonchev–Trinajstić information content (AvgIpc) is 3.10. The van der Waals surface area contributed by atoms with Crippen molar-refractivity contribution in [3.05, 3.63) is 100 Å². The van der Waals surface area contributed by atoms with Crippen molar-refractivity contribution < 1.29 is 53.0 Å². The first-order valence-corrected chi connectivity index (χ1v) is 9.44. The van der Waals surface area contributed by atoms with Crippen LogP contribution in [0.1, 0.15) is 21.5 Å². The number of benzene rings is 3. The minimum absolute atomic E-state index is 0. The maximum absolute atomic E-state index is 13.9. The van der Waals surface area contributed by atoms with E-state index in [1.165, 1.54) is 18.2 Å². The minimum atomic E-state index is -1.25. The molecule has 0 amide bonds. The molecular weight excluding hydrogens is 435 g/mol. The number of halogens is 3. The molecule has 31 heavy (non-hydrogen) atoms. The van der Waals surface area contributed by atoms with Crippen LogP contribution >= 0.6 is 11.6 Å². The zero-order chi connectivity index (χ0) is 21.3. The molecule has 0 saturated heterocycles. The Kier molecular flexibility index (Phi) is 7.38. The average molecular weight is 450 g/mol. The van der Waals surface area contributed by atoms with E-state index >= 15 is 0 Å². The van der Waals surface area contributed by atoms with Gasteiger partial charge in [0.1, 0.15) is 24.0 Å². The van der Waals surface area contributed by atoms with Crippen molar-refractivity contribution >= 4 is 28.5 Å². The third-order valence-electron chi connectivity index (χ3n) is 4.77. The van der Waals surface area contributed by atoms with Crippen molar-refractivity contribution in [2.45, 2.75) is 13.2 Å². The van der Waals surface area contributed by atoms with Crippen LogP contribution in [0.15, 0.2) is 66.9 Å². The summed E-state index contributed by atoms with van der Waals surface area (Å²) in [7, 11) is 0. The van der Waals surface area contributed by atoms with Crippen LogP contribution < -0.4 is 39.4 Å². The second kappa shape index (κ2) is 9.83. The van der Waals surface area contributed by atoms with Crippen molar-refractivity contribution in [1.82, 2.24) is 4.57 Å². The number of carboxylic acid groups (broad SMARTS) is 1. The second-order valence-electron chi connectivity index (χ2n) is 6.78. The van der Waals surface area contributed by atoms with Gasteiger partial charge in [0.2, 0.25) is 0 Å². The SMILES string of the molecule is O=C([O-])c1ccc2ccn(Cc3cc(Cl)ccc3OCc3ccc(F)cc3F)c2c1.[Na+]. The fourth-order valence-corrected chi connectivity index (χ4v) is 3.43. The van der Waals surface area contributed by atoms with Crippen molar-refractivity contribution in [2.24, 2.45) is 0 Å². The molecule has 0 fully saturated rings. The Morgan fingerprint density at radius 1 is 1.00 bits per heavy atom. The smallest absolute Gasteiger partial charge is 0.545 e. The zero-order valence-electron chi connectivity index (χ0n) is 16.6. The summed E-state index contributed by atoms with van der Waals surface area (Å²) in [4.78, 5) is 11.2. The van der Waals surface area contributed by atoms with Gasteiger partial charge in [0, 0.05) is 33.9 Å². The Hall–Kier alpha value is -2.38. The van der Waals surface area contributed by atoms with E-state index in [2.05, 4.69) is 0 Å². The topological polar surface area (TPSA) is 54.3 Å². The Morgan fingerprint density at radius 2 is 1.81 bits per heavy atom. The first-order chi connectivity index (χ1) is 14.4. The molecule has 152 valence electrons. The van der Waals surface area contributed by atoms with Crippen molar-refractivity contribution in [2.75, 3.05) is 0 Å². The molecule has 0 radical (unpaired) electrons. The van der Waals surface area contributed by atoms with E-state index in [4.69, 9.17) is 16.3 Å². The van der Waals surface area contributed by atoms with Crippen LogP contribution in [0.5, 0.6) is 5.75 Å². The number of aromatic nitrogens is 1. The summed E-state index contributed by atoms with van der Waals surface area (Å²) in [6, 6.07) is 15.0. The summed E-state index contributed by atoms with van der Waals surface area (Å²) in [5.41, 5.74) is 1.74. The molecule has 8 heteroatoms. The van der Waals surface area contributed by atoms with E-state index in [0.717, 1.165) is 17.0 Å². The molecule has 0 unspecified atom stereocenters. The molecule has 0 aliphatic heterocycles. The van der Waals surface area contributed by atoms with Crippen LogP contribution in [0, 0.1) is 11.6 Å². The maximum atomic E-state index is 13.9. The van der Waals surface area contributed by atoms with Crippen LogP contribution in [-0.2, 0) is 13.2 Å². The summed E-state index contributed by atoms with van der Waals surface area (Å²) >= 11 is 6.15. The van der Waals surface area contributed by atoms with Gasteiger partial charge >= 0.3 is 29.6 Å². The summed E-state index contributed by atoms with van der Waals surface area (Å²) in [5, 5.41) is 12.6. The molecule has 0 bridgehead atoms. The number of carbonyl (C=O) groups is 1. The Labute approximate surface area is 204 Å². The standard InChI is InChI=1S/C23H16ClF2NO3.Na/c24-18-4-6-22(30-13-16-3-5-19(25)11-20(16)26)17(9-18)12-27-8-7-14-1-2-15(23(28)29)10-21(14)27;/h1-11H,12-13H2,(H,28,29);/q;+1/p-1. The molecule has 0 saturated carbocycles. The molecular formula is C23H15ClF2NNaO3. The Balaban J connectivity index is 0.00000272. The van der Waals surface area contributed by atoms with Gasteiger partial charge in [-0.1, -0.05) is 23.7 Å². The molecule has 0 atom stereocenters. The van der Waals surface area contributed by atoms with Crippen LogP contribution in [0.4, 0.5) is 8.78 Å². The van der Waals surface area contributed by atoms with Gasteiger partial charge in [-0.2, -0.15) is 0 Å². The summed E-state index contributed by atoms with van der Waals surface area (Å²) in [6.45, 7) is 0.268. The van der Waals surface area contributed by atoms with Crippen LogP contribution in [0.2, 0.25) is 5.02 Å². The van der Waals surface area contributed by atoms with Gasteiger partial charge < -0.3 is 19.2 Å². The summed E-state index contributed by atoms with van der Waals surface area (Å²) < 4.78 is 34.6. The zero-order valence-corrected chi connectivity index (χ0v) is 19.3. The number of rotatable bonds is 6. The van der Waals surface area contributed by atoms with Gasteiger partial charge in [-0.05, 0) is 53.4 Å².